The molecule has 0 saturated carbocycles. The second-order valence-electron chi connectivity index (χ2n) is 3.14. The average molecular weight is 548 g/mol. The first kappa shape index (κ1) is 16.4. The summed E-state index contributed by atoms with van der Waals surface area (Å²) in [7, 11) is 0. The van der Waals surface area contributed by atoms with E-state index in [1.54, 1.807) is 0 Å². The Morgan fingerprint density at radius 2 is 1.80 bits per heavy atom. The number of unbranched alkanes of at least 4 members (excludes halogenated alkanes) is 3. The minimum Gasteiger partial charge on any atom is -0.460 e. The van der Waals surface area contributed by atoms with Crippen LogP contribution in [0.5, 0.6) is 0 Å². The second kappa shape index (κ2) is 10.5. The van der Waals surface area contributed by atoms with E-state index in [1.165, 1.54) is 12.8 Å². The van der Waals surface area contributed by atoms with Crippen molar-refractivity contribution in [1.82, 2.24) is 0 Å². The number of hydrogen-bond donors (Lipinski definition) is 0. The van der Waals surface area contributed by atoms with Crippen molar-refractivity contribution in [3.05, 3.63) is 5.17 Å². The van der Waals surface area contributed by atoms with Gasteiger partial charge in [0.25, 0.3) is 0 Å². The zero-order chi connectivity index (χ0) is 11.7. The van der Waals surface area contributed by atoms with E-state index in [4.69, 9.17) is 4.74 Å². The van der Waals surface area contributed by atoms with Crippen LogP contribution in [0.2, 0.25) is 0 Å². The highest BCUT2D eigenvalue weighted by Gasteiger charge is 2.04. The first-order valence-corrected chi connectivity index (χ1v) is 8.16. The summed E-state index contributed by atoms with van der Waals surface area (Å²) in [6.07, 6.45) is 5.04. The molecule has 0 bridgehead atoms. The lowest BCUT2D eigenvalue weighted by Gasteiger charge is -2.04. The Morgan fingerprint density at radius 1 is 1.13 bits per heavy atom. The molecule has 0 aromatic carbocycles. The summed E-state index contributed by atoms with van der Waals surface area (Å²) in [5.74, 6) is -0.0747. The van der Waals surface area contributed by atoms with Crippen molar-refractivity contribution in [2.45, 2.75) is 39.0 Å². The number of carbonyl (C=O) groups excluding carboxylic acids is 1. The zero-order valence-electron chi connectivity index (χ0n) is 8.69. The average Bonchev–Trinajstić information content (AvgIpc) is 2.20. The molecule has 0 spiro atoms. The highest BCUT2D eigenvalue weighted by Crippen LogP contribution is 2.25. The molecule has 0 aliphatic heterocycles. The Morgan fingerprint density at radius 3 is 2.33 bits per heavy atom. The smallest absolute Gasteiger partial charge is 0.306 e. The molecule has 5 heteroatoms. The van der Waals surface area contributed by atoms with Crippen molar-refractivity contribution >= 4 is 73.7 Å². The monoisotopic (exact) mass is 548 g/mol. The third kappa shape index (κ3) is 10.3. The van der Waals surface area contributed by atoms with Gasteiger partial charge in [-0.15, -0.1) is 0 Å². The standard InChI is InChI=1S/C10H15I3O2/c1-2-3-4-5-6-9(14)15-7-8(11)10(12)13/h2-7H2,1H3. The van der Waals surface area contributed by atoms with Gasteiger partial charge in [0.1, 0.15) is 6.61 Å². The minimum atomic E-state index is -0.0747. The SMILES string of the molecule is CCCCCCC(=O)OCC(I)=C(I)I. The topological polar surface area (TPSA) is 26.3 Å². The van der Waals surface area contributed by atoms with Gasteiger partial charge in [-0.3, -0.25) is 4.79 Å². The van der Waals surface area contributed by atoms with E-state index in [1.807, 2.05) is 0 Å². The van der Waals surface area contributed by atoms with E-state index in [0.29, 0.717) is 13.0 Å². The Labute approximate surface area is 132 Å². The zero-order valence-corrected chi connectivity index (χ0v) is 15.2. The Bertz CT molecular complexity index is 223. The molecule has 0 atom stereocenters. The van der Waals surface area contributed by atoms with Crippen molar-refractivity contribution in [2.24, 2.45) is 0 Å². The van der Waals surface area contributed by atoms with Crippen LogP contribution in [-0.4, -0.2) is 12.6 Å². The van der Waals surface area contributed by atoms with Crippen LogP contribution in [0.3, 0.4) is 0 Å². The van der Waals surface area contributed by atoms with E-state index in [2.05, 4.69) is 74.7 Å². The quantitative estimate of drug-likeness (QED) is 0.255. The van der Waals surface area contributed by atoms with E-state index >= 15 is 0 Å². The Kier molecular flexibility index (Phi) is 11.5. The lowest BCUT2D eigenvalue weighted by atomic mass is 10.2. The van der Waals surface area contributed by atoms with Crippen molar-refractivity contribution in [2.75, 3.05) is 6.61 Å². The third-order valence-electron chi connectivity index (χ3n) is 1.80. The maximum absolute atomic E-state index is 11.3. The van der Waals surface area contributed by atoms with Gasteiger partial charge in [-0.25, -0.2) is 0 Å². The lowest BCUT2D eigenvalue weighted by Crippen LogP contribution is -2.05. The van der Waals surface area contributed by atoms with Crippen LogP contribution in [0.25, 0.3) is 0 Å². The summed E-state index contributed by atoms with van der Waals surface area (Å²) in [6.45, 7) is 2.59. The molecule has 0 saturated heterocycles. The number of rotatable bonds is 7. The largest absolute Gasteiger partial charge is 0.460 e. The predicted molar refractivity (Wildman–Crippen MR) is 88.8 cm³/mol. The highest BCUT2D eigenvalue weighted by molar-refractivity contribution is 14.2. The molecule has 0 unspecified atom stereocenters. The first-order chi connectivity index (χ1) is 7.07. The van der Waals surface area contributed by atoms with Gasteiger partial charge in [0.05, 0.1) is 1.59 Å². The summed E-state index contributed by atoms with van der Waals surface area (Å²) >= 11 is 6.65. The molecular weight excluding hydrogens is 533 g/mol. The van der Waals surface area contributed by atoms with Crippen molar-refractivity contribution in [3.8, 4) is 0 Å². The number of hydrogen-bond acceptors (Lipinski definition) is 2. The first-order valence-electron chi connectivity index (χ1n) is 4.93. The van der Waals surface area contributed by atoms with Crippen molar-refractivity contribution < 1.29 is 9.53 Å². The van der Waals surface area contributed by atoms with Gasteiger partial charge in [0.15, 0.2) is 0 Å². The number of esters is 1. The van der Waals surface area contributed by atoms with Crippen LogP contribution in [-0.2, 0) is 9.53 Å². The molecule has 0 heterocycles. The van der Waals surface area contributed by atoms with Gasteiger partial charge in [-0.1, -0.05) is 26.2 Å². The highest BCUT2D eigenvalue weighted by atomic mass is 127. The second-order valence-corrected chi connectivity index (χ2v) is 8.66. The van der Waals surface area contributed by atoms with E-state index in [-0.39, 0.29) is 5.97 Å². The molecular formula is C10H15I3O2. The predicted octanol–water partition coefficient (Wildman–Crippen LogP) is 4.97. The summed E-state index contributed by atoms with van der Waals surface area (Å²) in [5.41, 5.74) is 0. The maximum atomic E-state index is 11.3. The fourth-order valence-electron chi connectivity index (χ4n) is 0.967. The summed E-state index contributed by atoms with van der Waals surface area (Å²) in [6, 6.07) is 0. The fourth-order valence-corrected chi connectivity index (χ4v) is 1.43. The molecule has 88 valence electrons. The van der Waals surface area contributed by atoms with Gasteiger partial charge >= 0.3 is 5.97 Å². The summed E-state index contributed by atoms with van der Waals surface area (Å²) in [5, 5.41) is 0. The molecule has 2 nitrogen and oxygen atoms in total. The summed E-state index contributed by atoms with van der Waals surface area (Å²) in [4.78, 5) is 11.3. The minimum absolute atomic E-state index is 0.0747. The van der Waals surface area contributed by atoms with Crippen molar-refractivity contribution in [1.29, 1.82) is 0 Å². The van der Waals surface area contributed by atoms with Crippen LogP contribution in [0, 0.1) is 0 Å². The van der Waals surface area contributed by atoms with Crippen LogP contribution in [0.1, 0.15) is 39.0 Å². The van der Waals surface area contributed by atoms with Gasteiger partial charge < -0.3 is 4.74 Å². The molecule has 0 rings (SSSR count). The van der Waals surface area contributed by atoms with Crippen LogP contribution in [0.15, 0.2) is 5.17 Å². The normalized spacial score (nSPS) is 9.87. The van der Waals surface area contributed by atoms with Crippen LogP contribution in [0.4, 0.5) is 0 Å². The number of ether oxygens (including phenoxy) is 1. The van der Waals surface area contributed by atoms with Gasteiger partial charge in [-0.05, 0) is 74.2 Å². The third-order valence-corrected chi connectivity index (χ3v) is 6.02. The molecule has 0 N–H and O–H groups in total. The Balaban J connectivity index is 3.54. The van der Waals surface area contributed by atoms with Gasteiger partial charge in [-0.2, -0.15) is 0 Å². The van der Waals surface area contributed by atoms with Gasteiger partial charge in [0.2, 0.25) is 0 Å². The molecule has 0 aromatic rings. The van der Waals surface area contributed by atoms with E-state index in [0.717, 1.165) is 18.0 Å². The molecule has 0 fully saturated rings. The molecule has 0 aliphatic rings. The molecule has 0 aromatic heterocycles. The van der Waals surface area contributed by atoms with Gasteiger partial charge in [0, 0.05) is 10.0 Å². The number of halogens is 3. The van der Waals surface area contributed by atoms with Crippen LogP contribution < -0.4 is 0 Å². The molecule has 15 heavy (non-hydrogen) atoms. The maximum Gasteiger partial charge on any atom is 0.306 e. The fraction of sp³-hybridized carbons (Fsp3) is 0.700. The van der Waals surface area contributed by atoms with E-state index in [9.17, 15) is 4.79 Å². The Hall–Kier alpha value is 1.40. The van der Waals surface area contributed by atoms with Crippen LogP contribution >= 0.6 is 67.8 Å². The van der Waals surface area contributed by atoms with Crippen molar-refractivity contribution in [3.63, 3.8) is 0 Å². The van der Waals surface area contributed by atoms with E-state index < -0.39 is 0 Å². The number of carbonyl (C=O) groups is 1. The molecule has 0 amide bonds. The molecule has 0 radical (unpaired) electrons. The lowest BCUT2D eigenvalue weighted by molar-refractivity contribution is -0.142. The summed E-state index contributed by atoms with van der Waals surface area (Å²) < 4.78 is 7.38. The molecule has 0 aliphatic carbocycles.